The van der Waals surface area contributed by atoms with Crippen LogP contribution in [0, 0.1) is 0 Å². The maximum Gasteiger partial charge on any atom is 0.253 e. The van der Waals surface area contributed by atoms with Gasteiger partial charge in [-0.3, -0.25) is 9.69 Å². The molecule has 0 spiro atoms. The number of rotatable bonds is 3. The fourth-order valence-corrected chi connectivity index (χ4v) is 4.13. The third kappa shape index (κ3) is 4.68. The third-order valence-corrected chi connectivity index (χ3v) is 5.79. The van der Waals surface area contributed by atoms with E-state index in [1.165, 1.54) is 0 Å². The van der Waals surface area contributed by atoms with Crippen molar-refractivity contribution in [2.45, 2.75) is 32.7 Å². The second kappa shape index (κ2) is 7.56. The van der Waals surface area contributed by atoms with Crippen LogP contribution in [0.1, 0.15) is 41.8 Å². The molecule has 2 heterocycles. The molecule has 1 aliphatic heterocycles. The zero-order valence-electron chi connectivity index (χ0n) is 15.0. The van der Waals surface area contributed by atoms with Crippen molar-refractivity contribution < 1.29 is 4.79 Å². The number of amides is 1. The van der Waals surface area contributed by atoms with E-state index < -0.39 is 0 Å². The van der Waals surface area contributed by atoms with Gasteiger partial charge in [0.15, 0.2) is 0 Å². The maximum atomic E-state index is 12.6. The maximum absolute atomic E-state index is 12.6. The Balaban J connectivity index is 1.54. The lowest BCUT2D eigenvalue weighted by molar-refractivity contribution is 0.0628. The van der Waals surface area contributed by atoms with Crippen LogP contribution in [0.5, 0.6) is 0 Å². The van der Waals surface area contributed by atoms with Gasteiger partial charge in [0.1, 0.15) is 5.01 Å². The SMILES string of the molecule is CC(C)(C)c1csc(CN2CCN(C(=O)c3ccc(Br)cc3)CC2)n1. The molecule has 0 atom stereocenters. The van der Waals surface area contributed by atoms with Gasteiger partial charge in [0, 0.05) is 47.0 Å². The summed E-state index contributed by atoms with van der Waals surface area (Å²) in [7, 11) is 0. The summed E-state index contributed by atoms with van der Waals surface area (Å²) in [4.78, 5) is 21.7. The van der Waals surface area contributed by atoms with Crippen LogP contribution < -0.4 is 0 Å². The van der Waals surface area contributed by atoms with Gasteiger partial charge in [-0.25, -0.2) is 4.98 Å². The van der Waals surface area contributed by atoms with Gasteiger partial charge >= 0.3 is 0 Å². The number of piperazine rings is 1. The molecule has 134 valence electrons. The fraction of sp³-hybridized carbons (Fsp3) is 0.474. The highest BCUT2D eigenvalue weighted by Gasteiger charge is 2.23. The first kappa shape index (κ1) is 18.5. The van der Waals surface area contributed by atoms with Gasteiger partial charge in [0.2, 0.25) is 0 Å². The second-order valence-corrected chi connectivity index (χ2v) is 9.31. The number of hydrogen-bond acceptors (Lipinski definition) is 4. The van der Waals surface area contributed by atoms with Crippen LogP contribution in [-0.4, -0.2) is 46.9 Å². The summed E-state index contributed by atoms with van der Waals surface area (Å²) in [6.45, 7) is 10.8. The third-order valence-electron chi connectivity index (χ3n) is 4.43. The lowest BCUT2D eigenvalue weighted by atomic mass is 9.93. The molecule has 1 saturated heterocycles. The minimum absolute atomic E-state index is 0.102. The van der Waals surface area contributed by atoms with E-state index in [4.69, 9.17) is 4.98 Å². The molecule has 1 aromatic heterocycles. The average molecular weight is 422 g/mol. The van der Waals surface area contributed by atoms with E-state index in [1.807, 2.05) is 29.2 Å². The molecular weight excluding hydrogens is 398 g/mol. The summed E-state index contributed by atoms with van der Waals surface area (Å²) in [6, 6.07) is 7.59. The number of halogens is 1. The van der Waals surface area contributed by atoms with Crippen molar-refractivity contribution in [1.82, 2.24) is 14.8 Å². The summed E-state index contributed by atoms with van der Waals surface area (Å²) in [5.74, 6) is 0.122. The fourth-order valence-electron chi connectivity index (χ4n) is 2.80. The molecule has 1 amide bonds. The van der Waals surface area contributed by atoms with E-state index in [9.17, 15) is 4.79 Å². The molecular formula is C19H24BrN3OS. The first-order valence-electron chi connectivity index (χ1n) is 8.55. The van der Waals surface area contributed by atoms with E-state index in [2.05, 4.69) is 47.0 Å². The van der Waals surface area contributed by atoms with Gasteiger partial charge in [0.05, 0.1) is 12.2 Å². The van der Waals surface area contributed by atoms with Crippen molar-refractivity contribution >= 4 is 33.2 Å². The quantitative estimate of drug-likeness (QED) is 0.746. The van der Waals surface area contributed by atoms with Gasteiger partial charge in [-0.2, -0.15) is 0 Å². The Bertz CT molecular complexity index is 728. The van der Waals surface area contributed by atoms with Crippen LogP contribution in [0.25, 0.3) is 0 Å². The minimum atomic E-state index is 0.102. The number of thiazole rings is 1. The molecule has 0 saturated carbocycles. The molecule has 0 aliphatic carbocycles. The molecule has 4 nitrogen and oxygen atoms in total. The smallest absolute Gasteiger partial charge is 0.253 e. The standard InChI is InChI=1S/C19H24BrN3OS/c1-19(2,3)16-13-25-17(21-16)12-22-8-10-23(11-9-22)18(24)14-4-6-15(20)7-5-14/h4-7,13H,8-12H2,1-3H3. The number of nitrogens with zero attached hydrogens (tertiary/aromatic N) is 3. The molecule has 0 unspecified atom stereocenters. The number of aromatic nitrogens is 1. The van der Waals surface area contributed by atoms with Gasteiger partial charge < -0.3 is 4.90 Å². The Labute approximate surface area is 162 Å². The van der Waals surface area contributed by atoms with Crippen molar-refractivity contribution in [1.29, 1.82) is 0 Å². The molecule has 1 aromatic carbocycles. The summed E-state index contributed by atoms with van der Waals surface area (Å²) >= 11 is 5.14. The Kier molecular flexibility index (Phi) is 5.61. The molecule has 1 fully saturated rings. The Morgan fingerprint density at radius 2 is 1.80 bits per heavy atom. The second-order valence-electron chi connectivity index (χ2n) is 7.45. The summed E-state index contributed by atoms with van der Waals surface area (Å²) in [6.07, 6.45) is 0. The van der Waals surface area contributed by atoms with E-state index in [0.29, 0.717) is 0 Å². The number of benzene rings is 1. The summed E-state index contributed by atoms with van der Waals surface area (Å²) in [5.41, 5.74) is 2.02. The number of carbonyl (C=O) groups is 1. The van der Waals surface area contributed by atoms with Crippen LogP contribution >= 0.6 is 27.3 Å². The predicted octanol–water partition coefficient (Wildman–Crippen LogP) is 4.16. The molecule has 0 N–H and O–H groups in total. The Morgan fingerprint density at radius 3 is 2.36 bits per heavy atom. The van der Waals surface area contributed by atoms with Crippen LogP contribution in [0.15, 0.2) is 34.1 Å². The lowest BCUT2D eigenvalue weighted by Gasteiger charge is -2.34. The van der Waals surface area contributed by atoms with Gasteiger partial charge in [-0.05, 0) is 24.3 Å². The minimum Gasteiger partial charge on any atom is -0.336 e. The molecule has 25 heavy (non-hydrogen) atoms. The normalized spacial score (nSPS) is 16.2. The monoisotopic (exact) mass is 421 g/mol. The highest BCUT2D eigenvalue weighted by molar-refractivity contribution is 9.10. The Morgan fingerprint density at radius 1 is 1.16 bits per heavy atom. The van der Waals surface area contributed by atoms with Gasteiger partial charge in [-0.15, -0.1) is 11.3 Å². The molecule has 0 bridgehead atoms. The van der Waals surface area contributed by atoms with Crippen LogP contribution in [0.3, 0.4) is 0 Å². The van der Waals surface area contributed by atoms with Crippen LogP contribution in [0.4, 0.5) is 0 Å². The molecule has 6 heteroatoms. The van der Waals surface area contributed by atoms with Crippen molar-refractivity contribution in [2.75, 3.05) is 26.2 Å². The van der Waals surface area contributed by atoms with E-state index >= 15 is 0 Å². The topological polar surface area (TPSA) is 36.4 Å². The lowest BCUT2D eigenvalue weighted by Crippen LogP contribution is -2.48. The largest absolute Gasteiger partial charge is 0.336 e. The van der Waals surface area contributed by atoms with E-state index in [1.54, 1.807) is 11.3 Å². The zero-order chi connectivity index (χ0) is 18.0. The van der Waals surface area contributed by atoms with Gasteiger partial charge in [-0.1, -0.05) is 36.7 Å². The first-order valence-corrected chi connectivity index (χ1v) is 10.2. The van der Waals surface area contributed by atoms with Crippen molar-refractivity contribution in [3.05, 3.63) is 50.4 Å². The van der Waals surface area contributed by atoms with Crippen molar-refractivity contribution in [2.24, 2.45) is 0 Å². The average Bonchev–Trinajstić information content (AvgIpc) is 3.04. The van der Waals surface area contributed by atoms with Crippen molar-refractivity contribution in [3.63, 3.8) is 0 Å². The zero-order valence-corrected chi connectivity index (χ0v) is 17.4. The highest BCUT2D eigenvalue weighted by Crippen LogP contribution is 2.24. The van der Waals surface area contributed by atoms with Crippen LogP contribution in [-0.2, 0) is 12.0 Å². The summed E-state index contributed by atoms with van der Waals surface area (Å²) in [5, 5.41) is 3.33. The molecule has 3 rings (SSSR count). The van der Waals surface area contributed by atoms with Crippen LogP contribution in [0.2, 0.25) is 0 Å². The highest BCUT2D eigenvalue weighted by atomic mass is 79.9. The first-order chi connectivity index (χ1) is 11.8. The predicted molar refractivity (Wildman–Crippen MR) is 106 cm³/mol. The van der Waals surface area contributed by atoms with Crippen molar-refractivity contribution in [3.8, 4) is 0 Å². The molecule has 0 radical (unpaired) electrons. The van der Waals surface area contributed by atoms with Gasteiger partial charge in [0.25, 0.3) is 5.91 Å². The summed E-state index contributed by atoms with van der Waals surface area (Å²) < 4.78 is 0.993. The molecule has 1 aliphatic rings. The Hall–Kier alpha value is -1.24. The molecule has 2 aromatic rings. The number of carbonyl (C=O) groups excluding carboxylic acids is 1. The number of hydrogen-bond donors (Lipinski definition) is 0. The van der Waals surface area contributed by atoms with E-state index in [0.717, 1.165) is 53.5 Å². The van der Waals surface area contributed by atoms with E-state index in [-0.39, 0.29) is 11.3 Å².